The Bertz CT molecular complexity index is 594. The molecule has 0 spiro atoms. The van der Waals surface area contributed by atoms with Crippen LogP contribution >= 0.6 is 27.5 Å². The molecule has 1 fully saturated rings. The quantitative estimate of drug-likeness (QED) is 0.808. The van der Waals surface area contributed by atoms with Crippen LogP contribution in [0.5, 0.6) is 0 Å². The Balaban J connectivity index is 2.29. The predicted octanol–water partition coefficient (Wildman–Crippen LogP) is 2.82. The summed E-state index contributed by atoms with van der Waals surface area (Å²) < 4.78 is 27.6. The van der Waals surface area contributed by atoms with Crippen molar-refractivity contribution < 1.29 is 8.42 Å². The van der Waals surface area contributed by atoms with Crippen LogP contribution in [-0.2, 0) is 10.0 Å². The molecule has 0 bridgehead atoms. The number of nitrogens with zero attached hydrogens (tertiary/aromatic N) is 2. The minimum Gasteiger partial charge on any atom is -0.305 e. The molecule has 2 rings (SSSR count). The first-order valence-corrected chi connectivity index (χ1v) is 9.05. The topological polar surface area (TPSA) is 40.6 Å². The van der Waals surface area contributed by atoms with Gasteiger partial charge in [0.25, 0.3) is 0 Å². The molecule has 1 unspecified atom stereocenters. The number of likely N-dealkylation sites (N-methyl/N-ethyl adjacent to an activating group) is 2. The van der Waals surface area contributed by atoms with Gasteiger partial charge in [-0.1, -0.05) is 27.5 Å². The lowest BCUT2D eigenvalue weighted by atomic mass is 10.1. The van der Waals surface area contributed by atoms with Gasteiger partial charge in [0.2, 0.25) is 10.0 Å². The Labute approximate surface area is 133 Å². The molecule has 0 N–H and O–H groups in total. The van der Waals surface area contributed by atoms with Crippen LogP contribution in [0.4, 0.5) is 0 Å². The lowest BCUT2D eigenvalue weighted by Gasteiger charge is -2.35. The van der Waals surface area contributed by atoms with Crippen LogP contribution in [0, 0.1) is 0 Å². The van der Waals surface area contributed by atoms with Crippen LogP contribution < -0.4 is 0 Å². The maximum atomic E-state index is 12.7. The summed E-state index contributed by atoms with van der Waals surface area (Å²) in [6.45, 7) is 1.77. The van der Waals surface area contributed by atoms with Crippen molar-refractivity contribution in [2.24, 2.45) is 0 Å². The number of piperidine rings is 1. The van der Waals surface area contributed by atoms with Crippen molar-refractivity contribution in [1.82, 2.24) is 9.21 Å². The van der Waals surface area contributed by atoms with Crippen molar-refractivity contribution in [3.63, 3.8) is 0 Å². The first-order chi connectivity index (χ1) is 9.32. The van der Waals surface area contributed by atoms with Crippen LogP contribution in [0.3, 0.4) is 0 Å². The van der Waals surface area contributed by atoms with E-state index in [2.05, 4.69) is 20.8 Å². The fraction of sp³-hybridized carbons (Fsp3) is 0.538. The number of benzene rings is 1. The average molecular weight is 382 g/mol. The van der Waals surface area contributed by atoms with Crippen molar-refractivity contribution >= 4 is 37.6 Å². The fourth-order valence-corrected chi connectivity index (χ4v) is 4.86. The average Bonchev–Trinajstić information content (AvgIpc) is 2.37. The summed E-state index contributed by atoms with van der Waals surface area (Å²) in [7, 11) is 0.0940. The van der Waals surface area contributed by atoms with E-state index in [9.17, 15) is 8.42 Å². The third kappa shape index (κ3) is 3.36. The molecule has 0 amide bonds. The Kier molecular flexibility index (Phi) is 5.13. The summed E-state index contributed by atoms with van der Waals surface area (Å²) >= 11 is 9.36. The van der Waals surface area contributed by atoms with Crippen molar-refractivity contribution in [2.75, 3.05) is 27.2 Å². The smallest absolute Gasteiger partial charge is 0.244 e. The summed E-state index contributed by atoms with van der Waals surface area (Å²) in [6.07, 6.45) is 1.89. The van der Waals surface area contributed by atoms with E-state index in [1.165, 1.54) is 4.31 Å². The third-order valence-electron chi connectivity index (χ3n) is 3.66. The van der Waals surface area contributed by atoms with E-state index in [0.717, 1.165) is 30.4 Å². The molecular formula is C13H18BrClN2O2S. The zero-order valence-electron chi connectivity index (χ0n) is 11.5. The molecule has 1 aliphatic heterocycles. The summed E-state index contributed by atoms with van der Waals surface area (Å²) in [4.78, 5) is 2.32. The molecule has 1 aromatic carbocycles. The van der Waals surface area contributed by atoms with Crippen molar-refractivity contribution in [3.05, 3.63) is 27.7 Å². The number of halogens is 2. The molecule has 1 atom stereocenters. The molecule has 0 radical (unpaired) electrons. The van der Waals surface area contributed by atoms with E-state index in [4.69, 9.17) is 11.6 Å². The number of hydrogen-bond acceptors (Lipinski definition) is 3. The highest BCUT2D eigenvalue weighted by atomic mass is 79.9. The van der Waals surface area contributed by atoms with Crippen LogP contribution in [-0.4, -0.2) is 50.8 Å². The summed E-state index contributed by atoms with van der Waals surface area (Å²) in [5.74, 6) is 0. The second-order valence-electron chi connectivity index (χ2n) is 5.15. The zero-order chi connectivity index (χ0) is 14.9. The van der Waals surface area contributed by atoms with Crippen LogP contribution in [0.2, 0.25) is 5.02 Å². The minimum atomic E-state index is -3.56. The normalized spacial score (nSPS) is 21.4. The largest absolute Gasteiger partial charge is 0.305 e. The highest BCUT2D eigenvalue weighted by molar-refractivity contribution is 9.10. The fourth-order valence-electron chi connectivity index (χ4n) is 2.47. The lowest BCUT2D eigenvalue weighted by Crippen LogP contribution is -2.47. The maximum Gasteiger partial charge on any atom is 0.244 e. The standard InChI is InChI=1S/C13H18BrClN2O2S/c1-16-7-3-4-11(9-16)17(2)20(18,19)13-6-5-10(14)8-12(13)15/h5-6,8,11H,3-4,7,9H2,1-2H3. The molecule has 0 saturated carbocycles. The van der Waals surface area contributed by atoms with E-state index >= 15 is 0 Å². The van der Waals surface area contributed by atoms with E-state index in [0.29, 0.717) is 0 Å². The van der Waals surface area contributed by atoms with Gasteiger partial charge < -0.3 is 4.90 Å². The number of hydrogen-bond donors (Lipinski definition) is 0. The minimum absolute atomic E-state index is 0.00142. The van der Waals surface area contributed by atoms with Crippen molar-refractivity contribution in [1.29, 1.82) is 0 Å². The molecule has 1 saturated heterocycles. The van der Waals surface area contributed by atoms with Crippen LogP contribution in [0.1, 0.15) is 12.8 Å². The van der Waals surface area contributed by atoms with Gasteiger partial charge >= 0.3 is 0 Å². The first kappa shape index (κ1) is 16.2. The number of sulfonamides is 1. The third-order valence-corrected chi connectivity index (χ3v) is 6.55. The lowest BCUT2D eigenvalue weighted by molar-refractivity contribution is 0.187. The second kappa shape index (κ2) is 6.32. The molecule has 1 aliphatic rings. The van der Waals surface area contributed by atoms with Gasteiger partial charge in [-0.25, -0.2) is 8.42 Å². The molecule has 1 heterocycles. The van der Waals surface area contributed by atoms with Crippen molar-refractivity contribution in [3.8, 4) is 0 Å². The Morgan fingerprint density at radius 3 is 2.75 bits per heavy atom. The Morgan fingerprint density at radius 1 is 1.45 bits per heavy atom. The molecule has 20 heavy (non-hydrogen) atoms. The molecule has 0 aliphatic carbocycles. The van der Waals surface area contributed by atoms with E-state index in [1.54, 1.807) is 25.2 Å². The summed E-state index contributed by atoms with van der Waals surface area (Å²) in [6, 6.07) is 4.85. The molecule has 0 aromatic heterocycles. The van der Waals surface area contributed by atoms with Gasteiger partial charge in [-0.05, 0) is 44.6 Å². The van der Waals surface area contributed by atoms with Gasteiger partial charge in [-0.15, -0.1) is 0 Å². The molecule has 4 nitrogen and oxygen atoms in total. The monoisotopic (exact) mass is 380 g/mol. The van der Waals surface area contributed by atoms with Gasteiger partial charge in [-0.3, -0.25) is 0 Å². The first-order valence-electron chi connectivity index (χ1n) is 6.44. The van der Waals surface area contributed by atoms with Gasteiger partial charge in [0.1, 0.15) is 4.90 Å². The Hall–Kier alpha value is -0.140. The van der Waals surface area contributed by atoms with E-state index < -0.39 is 10.0 Å². The van der Waals surface area contributed by atoms with Gasteiger partial charge in [-0.2, -0.15) is 4.31 Å². The Morgan fingerprint density at radius 2 is 2.15 bits per heavy atom. The summed E-state index contributed by atoms with van der Waals surface area (Å²) in [5, 5.41) is 0.246. The molecule has 7 heteroatoms. The van der Waals surface area contributed by atoms with Crippen LogP contribution in [0.25, 0.3) is 0 Å². The molecule has 1 aromatic rings. The molecular weight excluding hydrogens is 364 g/mol. The van der Waals surface area contributed by atoms with Gasteiger partial charge in [0, 0.05) is 24.1 Å². The van der Waals surface area contributed by atoms with Crippen molar-refractivity contribution in [2.45, 2.75) is 23.8 Å². The van der Waals surface area contributed by atoms with E-state index in [-0.39, 0.29) is 16.0 Å². The zero-order valence-corrected chi connectivity index (χ0v) is 14.7. The molecule has 112 valence electrons. The number of likely N-dealkylation sites (tertiary alicyclic amines) is 1. The van der Waals surface area contributed by atoms with E-state index in [1.807, 2.05) is 7.05 Å². The second-order valence-corrected chi connectivity index (χ2v) is 8.44. The van der Waals surface area contributed by atoms with Crippen LogP contribution in [0.15, 0.2) is 27.6 Å². The maximum absolute atomic E-state index is 12.7. The highest BCUT2D eigenvalue weighted by Gasteiger charge is 2.31. The number of rotatable bonds is 3. The summed E-state index contributed by atoms with van der Waals surface area (Å²) in [5.41, 5.74) is 0. The van der Waals surface area contributed by atoms with Gasteiger partial charge in [0.15, 0.2) is 0 Å². The SMILES string of the molecule is CN1CCCC(N(C)S(=O)(=O)c2ccc(Br)cc2Cl)C1. The predicted molar refractivity (Wildman–Crippen MR) is 84.6 cm³/mol. The van der Waals surface area contributed by atoms with Gasteiger partial charge in [0.05, 0.1) is 5.02 Å². The highest BCUT2D eigenvalue weighted by Crippen LogP contribution is 2.29.